The summed E-state index contributed by atoms with van der Waals surface area (Å²) in [7, 11) is 0. The fourth-order valence-corrected chi connectivity index (χ4v) is 1.59. The van der Waals surface area contributed by atoms with Crippen molar-refractivity contribution in [3.05, 3.63) is 12.1 Å². The van der Waals surface area contributed by atoms with Gasteiger partial charge in [-0.1, -0.05) is 0 Å². The first-order valence-corrected chi connectivity index (χ1v) is 5.98. The number of phenolic OH excluding ortho intramolecular Hbond substituents is 1. The van der Waals surface area contributed by atoms with Crippen molar-refractivity contribution in [3.8, 4) is 17.2 Å². The lowest BCUT2D eigenvalue weighted by Gasteiger charge is -2.22. The number of nitrogens with one attached hydrogen (secondary N) is 1. The van der Waals surface area contributed by atoms with Gasteiger partial charge in [0.15, 0.2) is 11.5 Å². The van der Waals surface area contributed by atoms with Gasteiger partial charge in [0.2, 0.25) is 0 Å². The molecule has 2 rings (SSSR count). The van der Waals surface area contributed by atoms with Crippen LogP contribution >= 0.6 is 0 Å². The number of carbonyl (C=O) groups excluding carboxylic acids is 1. The van der Waals surface area contributed by atoms with Crippen LogP contribution in [-0.4, -0.2) is 30.0 Å². The molecule has 0 spiro atoms. The molecule has 1 aromatic carbocycles. The minimum Gasteiger partial charge on any atom is -0.506 e. The minimum absolute atomic E-state index is 0.102. The highest BCUT2D eigenvalue weighted by Crippen LogP contribution is 2.39. The topological polar surface area (TPSA) is 77.0 Å². The van der Waals surface area contributed by atoms with Gasteiger partial charge in [0.25, 0.3) is 0 Å². The third-order valence-corrected chi connectivity index (χ3v) is 2.30. The average molecular weight is 267 g/mol. The summed E-state index contributed by atoms with van der Waals surface area (Å²) in [5.74, 6) is 0.837. The Morgan fingerprint density at radius 3 is 2.42 bits per heavy atom. The maximum absolute atomic E-state index is 11.6. The van der Waals surface area contributed by atoms with Crippen LogP contribution in [0.15, 0.2) is 12.1 Å². The molecular formula is C13H17NO5. The molecule has 104 valence electrons. The maximum Gasteiger partial charge on any atom is 0.412 e. The number of anilines is 1. The van der Waals surface area contributed by atoms with Gasteiger partial charge in [-0.05, 0) is 20.8 Å². The molecule has 0 saturated heterocycles. The third kappa shape index (κ3) is 3.43. The predicted molar refractivity (Wildman–Crippen MR) is 69.0 cm³/mol. The van der Waals surface area contributed by atoms with Crippen molar-refractivity contribution < 1.29 is 24.1 Å². The predicted octanol–water partition coefficient (Wildman–Crippen LogP) is 2.51. The van der Waals surface area contributed by atoms with Crippen LogP contribution in [0.3, 0.4) is 0 Å². The maximum atomic E-state index is 11.6. The lowest BCUT2D eigenvalue weighted by atomic mass is 10.2. The van der Waals surface area contributed by atoms with E-state index in [4.69, 9.17) is 14.2 Å². The zero-order valence-electron chi connectivity index (χ0n) is 11.1. The van der Waals surface area contributed by atoms with Gasteiger partial charge < -0.3 is 19.3 Å². The summed E-state index contributed by atoms with van der Waals surface area (Å²) >= 11 is 0. The fraction of sp³-hybridized carbons (Fsp3) is 0.462. The summed E-state index contributed by atoms with van der Waals surface area (Å²) in [4.78, 5) is 11.6. The van der Waals surface area contributed by atoms with Crippen molar-refractivity contribution in [3.63, 3.8) is 0 Å². The van der Waals surface area contributed by atoms with E-state index in [-0.39, 0.29) is 11.4 Å². The lowest BCUT2D eigenvalue weighted by Crippen LogP contribution is -2.27. The van der Waals surface area contributed by atoms with E-state index in [0.29, 0.717) is 24.7 Å². The second-order valence-electron chi connectivity index (χ2n) is 5.14. The second-order valence-corrected chi connectivity index (χ2v) is 5.14. The average Bonchev–Trinajstić information content (AvgIpc) is 2.27. The van der Waals surface area contributed by atoms with Gasteiger partial charge in [0, 0.05) is 12.1 Å². The minimum atomic E-state index is -0.639. The van der Waals surface area contributed by atoms with Crippen molar-refractivity contribution in [1.82, 2.24) is 0 Å². The van der Waals surface area contributed by atoms with Gasteiger partial charge in [0.1, 0.15) is 24.6 Å². The highest BCUT2D eigenvalue weighted by Gasteiger charge is 2.20. The van der Waals surface area contributed by atoms with Crippen molar-refractivity contribution in [2.24, 2.45) is 0 Å². The van der Waals surface area contributed by atoms with E-state index in [1.54, 1.807) is 20.8 Å². The lowest BCUT2D eigenvalue weighted by molar-refractivity contribution is 0.0635. The molecule has 0 saturated carbocycles. The molecule has 0 aromatic heterocycles. The first-order valence-electron chi connectivity index (χ1n) is 5.98. The van der Waals surface area contributed by atoms with E-state index in [0.717, 1.165) is 0 Å². The number of phenols is 1. The molecule has 1 heterocycles. The molecule has 0 radical (unpaired) electrons. The number of hydrogen-bond acceptors (Lipinski definition) is 5. The Hall–Kier alpha value is -2.11. The number of ether oxygens (including phenoxy) is 3. The standard InChI is InChI=1S/C13H17NO5/c1-13(2,3)19-12(16)14-8-6-10-11(7-9(8)15)18-5-4-17-10/h6-7,15H,4-5H2,1-3H3,(H,14,16). The molecule has 0 unspecified atom stereocenters. The summed E-state index contributed by atoms with van der Waals surface area (Å²) in [5, 5.41) is 12.3. The molecule has 0 atom stereocenters. The highest BCUT2D eigenvalue weighted by molar-refractivity contribution is 5.87. The SMILES string of the molecule is CC(C)(C)OC(=O)Nc1cc2c(cc1O)OCCO2. The summed E-state index contributed by atoms with van der Waals surface area (Å²) in [6.45, 7) is 6.15. The number of hydrogen-bond donors (Lipinski definition) is 2. The summed E-state index contributed by atoms with van der Waals surface area (Å²) < 4.78 is 15.8. The zero-order chi connectivity index (χ0) is 14.0. The Morgan fingerprint density at radius 1 is 1.26 bits per heavy atom. The highest BCUT2D eigenvalue weighted by atomic mass is 16.6. The molecular weight excluding hydrogens is 250 g/mol. The van der Waals surface area contributed by atoms with Crippen LogP contribution in [0.1, 0.15) is 20.8 Å². The van der Waals surface area contributed by atoms with Crippen LogP contribution in [0.2, 0.25) is 0 Å². The van der Waals surface area contributed by atoms with Crippen LogP contribution < -0.4 is 14.8 Å². The summed E-state index contributed by atoms with van der Waals surface area (Å²) in [6.07, 6.45) is -0.639. The molecule has 1 aliphatic heterocycles. The van der Waals surface area contributed by atoms with E-state index in [1.807, 2.05) is 0 Å². The number of amides is 1. The van der Waals surface area contributed by atoms with Gasteiger partial charge >= 0.3 is 6.09 Å². The van der Waals surface area contributed by atoms with E-state index in [2.05, 4.69) is 5.32 Å². The molecule has 0 bridgehead atoms. The van der Waals surface area contributed by atoms with Crippen molar-refractivity contribution >= 4 is 11.8 Å². The first-order chi connectivity index (χ1) is 8.85. The number of aromatic hydroxyl groups is 1. The quantitative estimate of drug-likeness (QED) is 0.764. The Bertz CT molecular complexity index is 493. The van der Waals surface area contributed by atoms with Crippen molar-refractivity contribution in [1.29, 1.82) is 0 Å². The third-order valence-electron chi connectivity index (χ3n) is 2.30. The zero-order valence-corrected chi connectivity index (χ0v) is 11.1. The van der Waals surface area contributed by atoms with Crippen molar-refractivity contribution in [2.75, 3.05) is 18.5 Å². The molecule has 1 aromatic rings. The Kier molecular flexibility index (Phi) is 3.42. The van der Waals surface area contributed by atoms with E-state index < -0.39 is 11.7 Å². The molecule has 1 aliphatic rings. The van der Waals surface area contributed by atoms with Gasteiger partial charge in [-0.25, -0.2) is 4.79 Å². The van der Waals surface area contributed by atoms with Crippen LogP contribution in [0, 0.1) is 0 Å². The number of carbonyl (C=O) groups is 1. The molecule has 6 heteroatoms. The molecule has 6 nitrogen and oxygen atoms in total. The van der Waals surface area contributed by atoms with Gasteiger partial charge in [0.05, 0.1) is 5.69 Å². The van der Waals surface area contributed by atoms with Crippen molar-refractivity contribution in [2.45, 2.75) is 26.4 Å². The van der Waals surface area contributed by atoms with E-state index in [1.165, 1.54) is 12.1 Å². The monoisotopic (exact) mass is 267 g/mol. The number of benzene rings is 1. The Balaban J connectivity index is 2.14. The molecule has 0 aliphatic carbocycles. The van der Waals surface area contributed by atoms with Crippen LogP contribution in [-0.2, 0) is 4.74 Å². The van der Waals surface area contributed by atoms with Gasteiger partial charge in [-0.2, -0.15) is 0 Å². The smallest absolute Gasteiger partial charge is 0.412 e. The van der Waals surface area contributed by atoms with Crippen LogP contribution in [0.5, 0.6) is 17.2 Å². The van der Waals surface area contributed by atoms with Crippen LogP contribution in [0.4, 0.5) is 10.5 Å². The Morgan fingerprint density at radius 2 is 1.84 bits per heavy atom. The molecule has 1 amide bonds. The van der Waals surface area contributed by atoms with Gasteiger partial charge in [-0.3, -0.25) is 5.32 Å². The molecule has 2 N–H and O–H groups in total. The molecule has 19 heavy (non-hydrogen) atoms. The normalized spacial score (nSPS) is 13.8. The number of rotatable bonds is 1. The Labute approximate surface area is 111 Å². The van der Waals surface area contributed by atoms with E-state index >= 15 is 0 Å². The van der Waals surface area contributed by atoms with E-state index in [9.17, 15) is 9.90 Å². The number of fused-ring (bicyclic) bond motifs is 1. The molecule has 0 fully saturated rings. The van der Waals surface area contributed by atoms with Gasteiger partial charge in [-0.15, -0.1) is 0 Å². The largest absolute Gasteiger partial charge is 0.506 e. The fourth-order valence-electron chi connectivity index (χ4n) is 1.59. The second kappa shape index (κ2) is 4.87. The summed E-state index contributed by atoms with van der Waals surface area (Å²) in [6, 6.07) is 2.91. The summed E-state index contributed by atoms with van der Waals surface area (Å²) in [5.41, 5.74) is -0.383. The first kappa shape index (κ1) is 13.3. The van der Waals surface area contributed by atoms with Crippen LogP contribution in [0.25, 0.3) is 0 Å².